The van der Waals surface area contributed by atoms with Gasteiger partial charge in [-0.25, -0.2) is 4.90 Å². The van der Waals surface area contributed by atoms with E-state index in [2.05, 4.69) is 22.6 Å². The van der Waals surface area contributed by atoms with Crippen molar-refractivity contribution in [2.45, 2.75) is 9.75 Å². The van der Waals surface area contributed by atoms with E-state index < -0.39 is 21.6 Å². The number of hydrogen-bond acceptors (Lipinski definition) is 2. The molecular formula is C24H14Cl2INO2. The molecule has 2 amide bonds. The van der Waals surface area contributed by atoms with Gasteiger partial charge in [0.05, 0.1) is 17.5 Å². The lowest BCUT2D eigenvalue weighted by Gasteiger charge is -2.54. The highest BCUT2D eigenvalue weighted by Gasteiger charge is 2.73. The van der Waals surface area contributed by atoms with Gasteiger partial charge >= 0.3 is 0 Å². The predicted molar refractivity (Wildman–Crippen MR) is 125 cm³/mol. The molecule has 4 aliphatic rings. The molecule has 0 unspecified atom stereocenters. The minimum absolute atomic E-state index is 0.296. The largest absolute Gasteiger partial charge is 0.274 e. The van der Waals surface area contributed by atoms with Gasteiger partial charge in [0.2, 0.25) is 11.8 Å². The highest BCUT2D eigenvalue weighted by atomic mass is 127. The van der Waals surface area contributed by atoms with E-state index in [9.17, 15) is 9.59 Å². The molecule has 1 fully saturated rings. The first-order valence-electron chi connectivity index (χ1n) is 9.61. The van der Waals surface area contributed by atoms with Gasteiger partial charge in [-0.3, -0.25) is 9.59 Å². The summed E-state index contributed by atoms with van der Waals surface area (Å²) >= 11 is 17.0. The third kappa shape index (κ3) is 2.03. The molecule has 6 heteroatoms. The maximum Gasteiger partial charge on any atom is 0.240 e. The Bertz CT molecular complexity index is 1130. The fraction of sp³-hybridized carbons (Fsp3) is 0.167. The molecular weight excluding hydrogens is 532 g/mol. The van der Waals surface area contributed by atoms with Crippen molar-refractivity contribution in [2.75, 3.05) is 4.90 Å². The van der Waals surface area contributed by atoms with Crippen molar-refractivity contribution >= 4 is 63.3 Å². The molecule has 0 N–H and O–H groups in total. The molecule has 0 spiro atoms. The average molecular weight is 546 g/mol. The molecule has 0 radical (unpaired) electrons. The van der Waals surface area contributed by atoms with Crippen LogP contribution in [0.4, 0.5) is 5.69 Å². The SMILES string of the molecule is O=C1[C@@H]2[C@H](C(=O)N1c1ccc(I)cc1)C1(Cl)c3ccccc3C2(Cl)c2ccccc21. The molecule has 1 saturated heterocycles. The molecule has 2 atom stereocenters. The Balaban J connectivity index is 1.66. The van der Waals surface area contributed by atoms with Gasteiger partial charge in [0.15, 0.2) is 0 Å². The number of amides is 2. The van der Waals surface area contributed by atoms with Gasteiger partial charge in [0.1, 0.15) is 9.75 Å². The van der Waals surface area contributed by atoms with Crippen molar-refractivity contribution in [2.24, 2.45) is 11.8 Å². The van der Waals surface area contributed by atoms with Crippen molar-refractivity contribution < 1.29 is 9.59 Å². The second-order valence-corrected chi connectivity index (χ2v) is 10.4. The molecule has 2 bridgehead atoms. The monoisotopic (exact) mass is 545 g/mol. The Hall–Kier alpha value is -1.89. The van der Waals surface area contributed by atoms with Crippen molar-refractivity contribution in [1.29, 1.82) is 0 Å². The minimum Gasteiger partial charge on any atom is -0.274 e. The van der Waals surface area contributed by atoms with E-state index in [1.807, 2.05) is 60.7 Å². The van der Waals surface area contributed by atoms with Crippen LogP contribution >= 0.6 is 45.8 Å². The lowest BCUT2D eigenvalue weighted by molar-refractivity contribution is -0.122. The van der Waals surface area contributed by atoms with Crippen LogP contribution in [-0.4, -0.2) is 11.8 Å². The number of hydrogen-bond donors (Lipinski definition) is 0. The molecule has 1 aliphatic heterocycles. The van der Waals surface area contributed by atoms with E-state index in [1.54, 1.807) is 12.1 Å². The Kier molecular flexibility index (Phi) is 3.82. The summed E-state index contributed by atoms with van der Waals surface area (Å²) in [7, 11) is 0. The standard InChI is InChI=1S/C24H14Cl2INO2/c25-23-15-5-1-2-6-16(15)24(26,18-8-4-3-7-17(18)23)20-19(23)21(29)28(22(20)30)14-11-9-13(27)10-12-14/h1-12,19-20H/t19-,20+,23?,24?. The van der Waals surface area contributed by atoms with Crippen molar-refractivity contribution in [3.05, 3.63) is 98.6 Å². The van der Waals surface area contributed by atoms with Crippen LogP contribution in [0.25, 0.3) is 0 Å². The van der Waals surface area contributed by atoms with E-state index >= 15 is 0 Å². The second-order valence-electron chi connectivity index (χ2n) is 7.96. The van der Waals surface area contributed by atoms with Crippen LogP contribution in [0.2, 0.25) is 0 Å². The first kappa shape index (κ1) is 18.8. The molecule has 3 aliphatic carbocycles. The van der Waals surface area contributed by atoms with Crippen molar-refractivity contribution in [1.82, 2.24) is 0 Å². The van der Waals surface area contributed by atoms with Gasteiger partial charge in [-0.2, -0.15) is 0 Å². The average Bonchev–Trinajstić information content (AvgIpc) is 3.04. The topological polar surface area (TPSA) is 37.4 Å². The summed E-state index contributed by atoms with van der Waals surface area (Å²) in [6.07, 6.45) is 0. The number of anilines is 1. The summed E-state index contributed by atoms with van der Waals surface area (Å²) in [6, 6.07) is 22.7. The predicted octanol–water partition coefficient (Wildman–Crippen LogP) is 5.39. The summed E-state index contributed by atoms with van der Waals surface area (Å²) in [5.74, 6) is -2.13. The van der Waals surface area contributed by atoms with Gasteiger partial charge in [0.25, 0.3) is 0 Å². The summed E-state index contributed by atoms with van der Waals surface area (Å²) in [6.45, 7) is 0. The van der Waals surface area contributed by atoms with E-state index in [1.165, 1.54) is 4.90 Å². The smallest absolute Gasteiger partial charge is 0.240 e. The van der Waals surface area contributed by atoms with Crippen molar-refractivity contribution in [3.8, 4) is 0 Å². The van der Waals surface area contributed by atoms with Gasteiger partial charge in [-0.05, 0) is 69.1 Å². The third-order valence-electron chi connectivity index (χ3n) is 6.67. The molecule has 3 nitrogen and oxygen atoms in total. The van der Waals surface area contributed by atoms with Crippen LogP contribution in [0.3, 0.4) is 0 Å². The lowest BCUT2D eigenvalue weighted by Crippen LogP contribution is -2.57. The molecule has 0 aromatic heterocycles. The number of halogens is 3. The number of imide groups is 1. The Morgan fingerprint density at radius 2 is 1.03 bits per heavy atom. The van der Waals surface area contributed by atoms with E-state index in [0.717, 1.165) is 25.8 Å². The maximum absolute atomic E-state index is 13.8. The number of benzene rings is 3. The lowest BCUT2D eigenvalue weighted by atomic mass is 9.54. The minimum atomic E-state index is -1.14. The summed E-state index contributed by atoms with van der Waals surface area (Å²) in [5, 5.41) is 0. The fourth-order valence-electron chi connectivity index (χ4n) is 5.51. The highest BCUT2D eigenvalue weighted by Crippen LogP contribution is 2.69. The van der Waals surface area contributed by atoms with Crippen LogP contribution in [0.15, 0.2) is 72.8 Å². The first-order chi connectivity index (χ1) is 14.4. The number of rotatable bonds is 1. The Morgan fingerprint density at radius 1 is 0.667 bits per heavy atom. The Labute approximate surface area is 197 Å². The summed E-state index contributed by atoms with van der Waals surface area (Å²) < 4.78 is 1.02. The maximum atomic E-state index is 13.8. The van der Waals surface area contributed by atoms with Gasteiger partial charge in [-0.15, -0.1) is 23.2 Å². The van der Waals surface area contributed by atoms with Crippen molar-refractivity contribution in [3.63, 3.8) is 0 Å². The van der Waals surface area contributed by atoms with Crippen LogP contribution in [0, 0.1) is 15.4 Å². The normalized spacial score (nSPS) is 30.8. The second kappa shape index (κ2) is 6.09. The quantitative estimate of drug-likeness (QED) is 0.234. The molecule has 148 valence electrons. The molecule has 3 aromatic rings. The zero-order valence-corrected chi connectivity index (χ0v) is 19.1. The van der Waals surface area contributed by atoms with Crippen LogP contribution in [0.5, 0.6) is 0 Å². The molecule has 30 heavy (non-hydrogen) atoms. The fourth-order valence-corrected chi connectivity index (χ4v) is 6.97. The molecule has 1 heterocycles. The third-order valence-corrected chi connectivity index (χ3v) is 8.67. The van der Waals surface area contributed by atoms with Gasteiger partial charge < -0.3 is 0 Å². The number of nitrogens with zero attached hydrogens (tertiary/aromatic N) is 1. The molecule has 3 aromatic carbocycles. The van der Waals surface area contributed by atoms with Gasteiger partial charge in [0, 0.05) is 3.57 Å². The van der Waals surface area contributed by atoms with Crippen LogP contribution < -0.4 is 4.90 Å². The van der Waals surface area contributed by atoms with E-state index in [-0.39, 0.29) is 11.8 Å². The molecule has 0 saturated carbocycles. The highest BCUT2D eigenvalue weighted by molar-refractivity contribution is 14.1. The number of carbonyl (C=O) groups is 2. The number of alkyl halides is 2. The van der Waals surface area contributed by atoms with Gasteiger partial charge in [-0.1, -0.05) is 48.5 Å². The van der Waals surface area contributed by atoms with Crippen LogP contribution in [0.1, 0.15) is 22.3 Å². The Morgan fingerprint density at radius 3 is 1.40 bits per heavy atom. The first-order valence-corrected chi connectivity index (χ1v) is 11.4. The zero-order valence-electron chi connectivity index (χ0n) is 15.5. The summed E-state index contributed by atoms with van der Waals surface area (Å²) in [4.78, 5) is 26.5. The van der Waals surface area contributed by atoms with E-state index in [4.69, 9.17) is 23.2 Å². The summed E-state index contributed by atoms with van der Waals surface area (Å²) in [5.41, 5.74) is 3.80. The number of carbonyl (C=O) groups excluding carboxylic acids is 2. The zero-order chi connectivity index (χ0) is 20.8. The van der Waals surface area contributed by atoms with Crippen LogP contribution in [-0.2, 0) is 19.3 Å². The molecule has 7 rings (SSSR count). The van der Waals surface area contributed by atoms with E-state index in [0.29, 0.717) is 5.69 Å².